The summed E-state index contributed by atoms with van der Waals surface area (Å²) in [5.41, 5.74) is 0. The van der Waals surface area contributed by atoms with E-state index >= 15 is 0 Å². The highest BCUT2D eigenvalue weighted by atomic mass is 16.5. The van der Waals surface area contributed by atoms with Crippen molar-refractivity contribution in [2.75, 3.05) is 13.2 Å². The van der Waals surface area contributed by atoms with E-state index in [1.54, 1.807) is 0 Å². The first-order valence-electron chi connectivity index (χ1n) is 38.6. The largest absolute Gasteiger partial charge is 0.466 e. The van der Waals surface area contributed by atoms with Crippen LogP contribution < -0.4 is 5.32 Å². The van der Waals surface area contributed by atoms with Crippen molar-refractivity contribution >= 4 is 11.9 Å². The van der Waals surface area contributed by atoms with Crippen molar-refractivity contribution in [1.82, 2.24) is 5.32 Å². The minimum atomic E-state index is -0.665. The third-order valence-corrected chi connectivity index (χ3v) is 18.2. The quantitative estimate of drug-likeness (QED) is 0.0320. The van der Waals surface area contributed by atoms with Crippen molar-refractivity contribution in [2.45, 2.75) is 450 Å². The molecule has 0 heterocycles. The number of unbranched alkanes of at least 4 members (excludes halogenated alkanes) is 58. The first kappa shape index (κ1) is 82.3. The molecule has 84 heavy (non-hydrogen) atoms. The van der Waals surface area contributed by atoms with Gasteiger partial charge in [-0.05, 0) is 77.0 Å². The second kappa shape index (κ2) is 73.8. The molecular formula is C78H151NO5. The third-order valence-electron chi connectivity index (χ3n) is 18.2. The Morgan fingerprint density at radius 3 is 0.845 bits per heavy atom. The molecule has 0 bridgehead atoms. The number of carbonyl (C=O) groups excluding carboxylic acids is 2. The van der Waals surface area contributed by atoms with Crippen molar-refractivity contribution in [3.05, 3.63) is 24.3 Å². The van der Waals surface area contributed by atoms with Crippen LogP contribution in [-0.4, -0.2) is 47.4 Å². The van der Waals surface area contributed by atoms with Gasteiger partial charge in [-0.25, -0.2) is 0 Å². The lowest BCUT2D eigenvalue weighted by Gasteiger charge is -2.22. The molecule has 0 aliphatic carbocycles. The van der Waals surface area contributed by atoms with Gasteiger partial charge in [0.15, 0.2) is 0 Å². The maximum absolute atomic E-state index is 12.6. The van der Waals surface area contributed by atoms with Gasteiger partial charge in [-0.1, -0.05) is 372 Å². The molecule has 6 nitrogen and oxygen atoms in total. The molecule has 0 rings (SSSR count). The van der Waals surface area contributed by atoms with Gasteiger partial charge in [0.25, 0.3) is 0 Å². The number of hydrogen-bond donors (Lipinski definition) is 3. The Hall–Kier alpha value is -1.66. The Kier molecular flexibility index (Phi) is 72.3. The van der Waals surface area contributed by atoms with Crippen LogP contribution in [0.2, 0.25) is 0 Å². The van der Waals surface area contributed by atoms with Gasteiger partial charge >= 0.3 is 5.97 Å². The van der Waals surface area contributed by atoms with Crippen molar-refractivity contribution in [3.8, 4) is 0 Å². The molecule has 0 aromatic rings. The highest BCUT2D eigenvalue weighted by molar-refractivity contribution is 5.76. The van der Waals surface area contributed by atoms with E-state index in [-0.39, 0.29) is 18.5 Å². The number of hydrogen-bond acceptors (Lipinski definition) is 5. The number of allylic oxidation sites excluding steroid dienone is 4. The zero-order valence-electron chi connectivity index (χ0n) is 57.2. The zero-order chi connectivity index (χ0) is 60.6. The van der Waals surface area contributed by atoms with Gasteiger partial charge in [-0.2, -0.15) is 0 Å². The monoisotopic (exact) mass is 1180 g/mol. The lowest BCUT2D eigenvalue weighted by Crippen LogP contribution is -2.45. The molecule has 2 atom stereocenters. The topological polar surface area (TPSA) is 95.9 Å². The van der Waals surface area contributed by atoms with Gasteiger partial charge in [-0.3, -0.25) is 9.59 Å². The van der Waals surface area contributed by atoms with E-state index in [2.05, 4.69) is 43.5 Å². The van der Waals surface area contributed by atoms with Gasteiger partial charge in [0.1, 0.15) is 0 Å². The van der Waals surface area contributed by atoms with E-state index in [9.17, 15) is 19.8 Å². The van der Waals surface area contributed by atoms with Gasteiger partial charge < -0.3 is 20.3 Å². The lowest BCUT2D eigenvalue weighted by atomic mass is 10.0. The fourth-order valence-electron chi connectivity index (χ4n) is 12.3. The van der Waals surface area contributed by atoms with Gasteiger partial charge in [0.05, 0.1) is 25.4 Å². The number of amides is 1. The molecule has 0 spiro atoms. The van der Waals surface area contributed by atoms with E-state index in [1.165, 1.54) is 360 Å². The van der Waals surface area contributed by atoms with Crippen LogP contribution in [-0.2, 0) is 14.3 Å². The average molecular weight is 1180 g/mol. The Balaban J connectivity index is 3.36. The maximum atomic E-state index is 12.6. The Morgan fingerprint density at radius 2 is 0.560 bits per heavy atom. The molecule has 0 fully saturated rings. The number of aliphatic hydroxyl groups excluding tert-OH is 2. The molecule has 1 amide bonds. The standard InChI is InChI=1S/C78H151NO5/c1-3-5-7-9-11-13-15-17-19-21-23-35-38-42-46-50-54-58-62-66-70-76(81)75(74-80)79-77(82)71-67-63-59-55-51-47-43-39-36-33-31-29-27-25-24-26-28-30-32-34-37-41-45-49-53-57-61-65-69-73-84-78(83)72-68-64-60-56-52-48-44-40-22-20-18-16-14-12-10-8-6-4-2/h20,22,24,26,75-76,80-81H,3-19,21,23,25,27-74H2,1-2H3,(H,79,82)/b22-20-,26-24-. The van der Waals surface area contributed by atoms with E-state index in [1.807, 2.05) is 0 Å². The first-order valence-corrected chi connectivity index (χ1v) is 38.6. The maximum Gasteiger partial charge on any atom is 0.305 e. The lowest BCUT2D eigenvalue weighted by molar-refractivity contribution is -0.143. The highest BCUT2D eigenvalue weighted by Gasteiger charge is 2.20. The van der Waals surface area contributed by atoms with Crippen LogP contribution in [0.4, 0.5) is 0 Å². The number of esters is 1. The van der Waals surface area contributed by atoms with Crippen LogP contribution in [0.1, 0.15) is 438 Å². The van der Waals surface area contributed by atoms with Gasteiger partial charge in [-0.15, -0.1) is 0 Å². The van der Waals surface area contributed by atoms with Crippen LogP contribution in [0.15, 0.2) is 24.3 Å². The molecule has 0 aromatic carbocycles. The van der Waals surface area contributed by atoms with Crippen molar-refractivity contribution in [1.29, 1.82) is 0 Å². The molecule has 0 saturated carbocycles. The van der Waals surface area contributed by atoms with Crippen molar-refractivity contribution in [2.24, 2.45) is 0 Å². The number of ether oxygens (including phenoxy) is 1. The van der Waals surface area contributed by atoms with E-state index in [4.69, 9.17) is 4.74 Å². The number of aliphatic hydroxyl groups is 2. The highest BCUT2D eigenvalue weighted by Crippen LogP contribution is 2.19. The second-order valence-corrected chi connectivity index (χ2v) is 26.7. The average Bonchev–Trinajstić information content (AvgIpc) is 3.51. The Bertz CT molecular complexity index is 1320. The molecule has 0 aromatic heterocycles. The summed E-state index contributed by atoms with van der Waals surface area (Å²) in [4.78, 5) is 24.7. The first-order chi connectivity index (χ1) is 41.5. The predicted molar refractivity (Wildman–Crippen MR) is 370 cm³/mol. The molecule has 6 heteroatoms. The number of carbonyl (C=O) groups is 2. The van der Waals surface area contributed by atoms with Crippen molar-refractivity contribution < 1.29 is 24.5 Å². The zero-order valence-corrected chi connectivity index (χ0v) is 57.2. The van der Waals surface area contributed by atoms with Crippen LogP contribution in [0.25, 0.3) is 0 Å². The van der Waals surface area contributed by atoms with Crippen LogP contribution in [0.5, 0.6) is 0 Å². The van der Waals surface area contributed by atoms with E-state index < -0.39 is 12.1 Å². The van der Waals surface area contributed by atoms with Gasteiger partial charge in [0.2, 0.25) is 5.91 Å². The minimum absolute atomic E-state index is 0.0147. The molecular weight excluding hydrogens is 1030 g/mol. The SMILES string of the molecule is CCCCCCCCC/C=C\CCCCCCCCCC(=O)OCCCCCCCCCCCCCC/C=C\CCCCCCCCCCCCCCCC(=O)NC(CO)C(O)CCCCCCCCCCCCCCCCCCCCCC. The summed E-state index contributed by atoms with van der Waals surface area (Å²) in [6, 6.07) is -0.542. The summed E-state index contributed by atoms with van der Waals surface area (Å²) in [5, 5.41) is 23.4. The van der Waals surface area contributed by atoms with Gasteiger partial charge in [0, 0.05) is 12.8 Å². The molecule has 0 radical (unpaired) electrons. The molecule has 498 valence electrons. The number of rotatable bonds is 73. The second-order valence-electron chi connectivity index (χ2n) is 26.7. The summed E-state index contributed by atoms with van der Waals surface area (Å²) < 4.78 is 5.51. The number of nitrogens with one attached hydrogen (secondary N) is 1. The summed E-state index contributed by atoms with van der Waals surface area (Å²) in [7, 11) is 0. The predicted octanol–water partition coefficient (Wildman–Crippen LogP) is 25.3. The molecule has 0 saturated heterocycles. The van der Waals surface area contributed by atoms with Crippen LogP contribution in [0, 0.1) is 0 Å². The Labute approximate surface area is 526 Å². The molecule has 3 N–H and O–H groups in total. The summed E-state index contributed by atoms with van der Waals surface area (Å²) in [5.74, 6) is -0.0147. The molecule has 0 aliphatic heterocycles. The smallest absolute Gasteiger partial charge is 0.305 e. The summed E-state index contributed by atoms with van der Waals surface area (Å²) in [6.45, 7) is 5.00. The summed E-state index contributed by atoms with van der Waals surface area (Å²) >= 11 is 0. The Morgan fingerprint density at radius 1 is 0.321 bits per heavy atom. The summed E-state index contributed by atoms with van der Waals surface area (Å²) in [6.07, 6.45) is 94.0. The van der Waals surface area contributed by atoms with Crippen LogP contribution in [0.3, 0.4) is 0 Å². The van der Waals surface area contributed by atoms with E-state index in [0.717, 1.165) is 44.9 Å². The fraction of sp³-hybridized carbons (Fsp3) is 0.923. The normalized spacial score (nSPS) is 12.6. The molecule has 0 aliphatic rings. The minimum Gasteiger partial charge on any atom is -0.466 e. The van der Waals surface area contributed by atoms with Crippen molar-refractivity contribution in [3.63, 3.8) is 0 Å². The third kappa shape index (κ3) is 69.4. The fourth-order valence-corrected chi connectivity index (χ4v) is 12.3. The van der Waals surface area contributed by atoms with E-state index in [0.29, 0.717) is 25.9 Å². The molecule has 2 unspecified atom stereocenters. The van der Waals surface area contributed by atoms with Crippen LogP contribution >= 0.6 is 0 Å².